The van der Waals surface area contributed by atoms with E-state index in [1.807, 2.05) is 17.6 Å². The minimum absolute atomic E-state index is 0.0498. The van der Waals surface area contributed by atoms with Crippen LogP contribution in [0.2, 0.25) is 0 Å². The maximum absolute atomic E-state index is 11.2. The van der Waals surface area contributed by atoms with Gasteiger partial charge in [-0.1, -0.05) is 0 Å². The predicted molar refractivity (Wildman–Crippen MR) is 77.1 cm³/mol. The number of amides is 2. The largest absolute Gasteiger partial charge is 0.336 e. The average molecular weight is 282 g/mol. The first-order valence-electron chi connectivity index (χ1n) is 6.66. The van der Waals surface area contributed by atoms with Gasteiger partial charge in [0.1, 0.15) is 18.0 Å². The molecule has 2 heterocycles. The highest BCUT2D eigenvalue weighted by Gasteiger charge is 2.22. The van der Waals surface area contributed by atoms with Crippen LogP contribution in [0.1, 0.15) is 21.6 Å². The second-order valence-electron chi connectivity index (χ2n) is 5.13. The quantitative estimate of drug-likeness (QED) is 0.832. The number of aryl methyl sites for hydroxylation is 1. The first-order chi connectivity index (χ1) is 10.1. The van der Waals surface area contributed by atoms with Crippen LogP contribution in [-0.2, 0) is 6.54 Å². The number of urea groups is 1. The van der Waals surface area contributed by atoms with E-state index in [-0.39, 0.29) is 12.1 Å². The minimum atomic E-state index is -0.186. The number of aldehydes is 1. The van der Waals surface area contributed by atoms with Crippen LogP contribution in [0.25, 0.3) is 10.9 Å². The molecule has 2 N–H and O–H groups in total. The van der Waals surface area contributed by atoms with E-state index in [9.17, 15) is 14.9 Å². The Kier molecular flexibility index (Phi) is 3.10. The summed E-state index contributed by atoms with van der Waals surface area (Å²) in [7, 11) is 0. The Labute approximate surface area is 121 Å². The Balaban J connectivity index is 2.09. The van der Waals surface area contributed by atoms with E-state index in [1.165, 1.54) is 0 Å². The Morgan fingerprint density at radius 1 is 1.52 bits per heavy atom. The second kappa shape index (κ2) is 4.94. The maximum Gasteiger partial charge on any atom is 0.315 e. The highest BCUT2D eigenvalue weighted by atomic mass is 16.2. The summed E-state index contributed by atoms with van der Waals surface area (Å²) in [5.74, 6) is 0. The van der Waals surface area contributed by atoms with Crippen molar-refractivity contribution in [1.82, 2.24) is 15.2 Å². The Morgan fingerprint density at radius 3 is 2.95 bits per heavy atom. The van der Waals surface area contributed by atoms with E-state index < -0.39 is 0 Å². The second-order valence-corrected chi connectivity index (χ2v) is 5.13. The number of fused-ring (bicyclic) bond motifs is 1. The predicted octanol–water partition coefficient (Wildman–Crippen LogP) is 1.32. The van der Waals surface area contributed by atoms with Crippen molar-refractivity contribution in [3.63, 3.8) is 0 Å². The monoisotopic (exact) mass is 282 g/mol. The molecule has 6 heteroatoms. The molecule has 0 saturated carbocycles. The van der Waals surface area contributed by atoms with Gasteiger partial charge in [0.15, 0.2) is 0 Å². The van der Waals surface area contributed by atoms with Crippen molar-refractivity contribution >= 4 is 23.2 Å². The molecule has 1 aromatic carbocycles. The number of nitrogens with zero attached hydrogens (tertiary/aromatic N) is 2. The van der Waals surface area contributed by atoms with E-state index in [0.717, 1.165) is 22.8 Å². The molecular weight excluding hydrogens is 268 g/mol. The zero-order valence-electron chi connectivity index (χ0n) is 11.5. The lowest BCUT2D eigenvalue weighted by molar-refractivity contribution is 0.112. The molecule has 1 aromatic heterocycles. The van der Waals surface area contributed by atoms with Gasteiger partial charge in [0, 0.05) is 29.6 Å². The fourth-order valence-corrected chi connectivity index (χ4v) is 2.74. The van der Waals surface area contributed by atoms with E-state index in [1.54, 1.807) is 12.1 Å². The molecule has 0 bridgehead atoms. The van der Waals surface area contributed by atoms with Crippen molar-refractivity contribution in [2.45, 2.75) is 19.5 Å². The summed E-state index contributed by atoms with van der Waals surface area (Å²) < 4.78 is 1.88. The zero-order chi connectivity index (χ0) is 15.0. The first-order valence-corrected chi connectivity index (χ1v) is 6.66. The van der Waals surface area contributed by atoms with Crippen molar-refractivity contribution in [2.75, 3.05) is 6.54 Å². The van der Waals surface area contributed by atoms with E-state index >= 15 is 0 Å². The van der Waals surface area contributed by atoms with Crippen LogP contribution in [0.3, 0.4) is 0 Å². The molecule has 1 atom stereocenters. The number of nitrogens with one attached hydrogen (secondary N) is 2. The molecule has 3 rings (SSSR count). The fraction of sp³-hybridized carbons (Fsp3) is 0.267. The molecule has 2 aromatic rings. The van der Waals surface area contributed by atoms with Crippen LogP contribution in [0.5, 0.6) is 0 Å². The van der Waals surface area contributed by atoms with Gasteiger partial charge in [0.2, 0.25) is 0 Å². The Morgan fingerprint density at radius 2 is 2.33 bits per heavy atom. The lowest BCUT2D eigenvalue weighted by Gasteiger charge is -2.13. The number of benzene rings is 1. The summed E-state index contributed by atoms with van der Waals surface area (Å²) in [5, 5.41) is 15.7. The lowest BCUT2D eigenvalue weighted by Crippen LogP contribution is -2.31. The summed E-state index contributed by atoms with van der Waals surface area (Å²) in [5.41, 5.74) is 2.92. The number of carbonyl (C=O) groups excluding carboxylic acids is 2. The van der Waals surface area contributed by atoms with Crippen LogP contribution in [-0.4, -0.2) is 29.5 Å². The molecule has 106 valence electrons. The van der Waals surface area contributed by atoms with Crippen molar-refractivity contribution in [3.05, 3.63) is 35.0 Å². The summed E-state index contributed by atoms with van der Waals surface area (Å²) >= 11 is 0. The Bertz CT molecular complexity index is 785. The van der Waals surface area contributed by atoms with Crippen LogP contribution in [0.15, 0.2) is 18.2 Å². The van der Waals surface area contributed by atoms with Gasteiger partial charge >= 0.3 is 6.03 Å². The van der Waals surface area contributed by atoms with Gasteiger partial charge in [-0.05, 0) is 30.7 Å². The van der Waals surface area contributed by atoms with Gasteiger partial charge in [0.05, 0.1) is 6.04 Å². The van der Waals surface area contributed by atoms with E-state index in [0.29, 0.717) is 24.3 Å². The van der Waals surface area contributed by atoms with Crippen molar-refractivity contribution in [2.24, 2.45) is 0 Å². The number of carbonyl (C=O) groups is 2. The normalized spacial score (nSPS) is 17.3. The third kappa shape index (κ3) is 2.13. The van der Waals surface area contributed by atoms with Crippen molar-refractivity contribution in [3.8, 4) is 6.07 Å². The molecule has 1 saturated heterocycles. The standard InChI is InChI=1S/C15H14N4O2/c1-9-10(8-20)2-3-14-13(9)4-12(5-16)19(14)7-11-6-17-15(21)18-11/h2-4,8,11H,6-7H2,1H3,(H2,17,18,21). The SMILES string of the molecule is Cc1c(C=O)ccc2c1cc(C#N)n2CC1CNC(=O)N1. The number of rotatable bonds is 3. The zero-order valence-corrected chi connectivity index (χ0v) is 11.5. The molecule has 21 heavy (non-hydrogen) atoms. The fourth-order valence-electron chi connectivity index (χ4n) is 2.74. The first kappa shape index (κ1) is 13.2. The molecule has 1 fully saturated rings. The molecule has 6 nitrogen and oxygen atoms in total. The highest BCUT2D eigenvalue weighted by Crippen LogP contribution is 2.25. The van der Waals surface area contributed by atoms with Gasteiger partial charge < -0.3 is 15.2 Å². The van der Waals surface area contributed by atoms with Crippen LogP contribution >= 0.6 is 0 Å². The van der Waals surface area contributed by atoms with Crippen LogP contribution < -0.4 is 10.6 Å². The number of nitriles is 1. The topological polar surface area (TPSA) is 86.9 Å². The molecule has 0 aliphatic carbocycles. The molecule has 0 radical (unpaired) electrons. The molecule has 1 unspecified atom stereocenters. The average Bonchev–Trinajstić information content (AvgIpc) is 3.04. The third-order valence-corrected chi connectivity index (χ3v) is 3.89. The van der Waals surface area contributed by atoms with Crippen LogP contribution in [0, 0.1) is 18.3 Å². The van der Waals surface area contributed by atoms with E-state index in [2.05, 4.69) is 16.7 Å². The number of aromatic nitrogens is 1. The summed E-state index contributed by atoms with van der Waals surface area (Å²) in [6.07, 6.45) is 0.819. The van der Waals surface area contributed by atoms with Gasteiger partial charge in [-0.3, -0.25) is 4.79 Å². The van der Waals surface area contributed by atoms with Gasteiger partial charge in [-0.15, -0.1) is 0 Å². The number of hydrogen-bond donors (Lipinski definition) is 2. The highest BCUT2D eigenvalue weighted by molar-refractivity contribution is 5.92. The molecular formula is C15H14N4O2. The number of hydrogen-bond acceptors (Lipinski definition) is 3. The van der Waals surface area contributed by atoms with Crippen LogP contribution in [0.4, 0.5) is 4.79 Å². The summed E-state index contributed by atoms with van der Waals surface area (Å²) in [4.78, 5) is 22.2. The van der Waals surface area contributed by atoms with E-state index in [4.69, 9.17) is 0 Å². The summed E-state index contributed by atoms with van der Waals surface area (Å²) in [6, 6.07) is 7.34. The minimum Gasteiger partial charge on any atom is -0.336 e. The van der Waals surface area contributed by atoms with Gasteiger partial charge in [-0.2, -0.15) is 5.26 Å². The molecule has 1 aliphatic rings. The summed E-state index contributed by atoms with van der Waals surface area (Å²) in [6.45, 7) is 2.93. The third-order valence-electron chi connectivity index (χ3n) is 3.89. The Hall–Kier alpha value is -2.81. The molecule has 0 spiro atoms. The smallest absolute Gasteiger partial charge is 0.315 e. The molecule has 2 amide bonds. The maximum atomic E-state index is 11.2. The lowest BCUT2D eigenvalue weighted by atomic mass is 10.1. The van der Waals surface area contributed by atoms with Crippen molar-refractivity contribution < 1.29 is 9.59 Å². The van der Waals surface area contributed by atoms with Gasteiger partial charge in [-0.25, -0.2) is 4.79 Å². The van der Waals surface area contributed by atoms with Crippen molar-refractivity contribution in [1.29, 1.82) is 5.26 Å². The molecule has 1 aliphatic heterocycles. The van der Waals surface area contributed by atoms with Gasteiger partial charge in [0.25, 0.3) is 0 Å².